The van der Waals surface area contributed by atoms with E-state index in [0.717, 1.165) is 5.69 Å². The summed E-state index contributed by atoms with van der Waals surface area (Å²) in [5, 5.41) is 16.7. The highest BCUT2D eigenvalue weighted by Gasteiger charge is 2.16. The Morgan fingerprint density at radius 3 is 2.45 bits per heavy atom. The molecule has 0 atom stereocenters. The summed E-state index contributed by atoms with van der Waals surface area (Å²) in [5.41, 5.74) is 8.10. The van der Waals surface area contributed by atoms with Gasteiger partial charge in [-0.2, -0.15) is 10.4 Å². The maximum absolute atomic E-state index is 12.3. The van der Waals surface area contributed by atoms with Crippen molar-refractivity contribution in [3.8, 4) is 11.8 Å². The Labute approximate surface area is 180 Å². The van der Waals surface area contributed by atoms with Gasteiger partial charge in [0, 0.05) is 12.1 Å². The number of carbonyl (C=O) groups is 1. The number of benzene rings is 2. The number of hydrogen-bond donors (Lipinski definition) is 3. The number of aryl methyl sites for hydroxylation is 1. The third-order valence-electron chi connectivity index (χ3n) is 4.68. The number of nitriles is 1. The average Bonchev–Trinajstić information content (AvgIpc) is 3.12. The standard InChI is InChI=1S/C21H22N6O3S/c1-24-31(29,30)17-11-9-15(10-12-17)21(28)25-13-5-8-19-18(14-22)20(23)27(26-19)16-6-3-2-4-7-16/h2-4,6-7,9-12,24H,5,8,13,23H2,1H3,(H,25,28). The van der Waals surface area contributed by atoms with Gasteiger partial charge in [-0.25, -0.2) is 17.8 Å². The van der Waals surface area contributed by atoms with Crippen molar-refractivity contribution < 1.29 is 13.2 Å². The molecule has 10 heteroatoms. The molecule has 2 aromatic carbocycles. The molecule has 31 heavy (non-hydrogen) atoms. The number of aromatic nitrogens is 2. The molecule has 4 N–H and O–H groups in total. The van der Waals surface area contributed by atoms with E-state index in [0.29, 0.717) is 36.2 Å². The van der Waals surface area contributed by atoms with Crippen molar-refractivity contribution in [2.24, 2.45) is 0 Å². The van der Waals surface area contributed by atoms with Gasteiger partial charge in [0.2, 0.25) is 10.0 Å². The van der Waals surface area contributed by atoms with E-state index in [1.165, 1.54) is 36.0 Å². The van der Waals surface area contributed by atoms with Gasteiger partial charge in [-0.3, -0.25) is 4.79 Å². The molecule has 0 bridgehead atoms. The first-order valence-corrected chi connectivity index (χ1v) is 11.0. The molecule has 0 saturated heterocycles. The topological polar surface area (TPSA) is 143 Å². The number of rotatable bonds is 8. The van der Waals surface area contributed by atoms with Crippen molar-refractivity contribution in [1.82, 2.24) is 19.8 Å². The molecule has 3 aromatic rings. The van der Waals surface area contributed by atoms with E-state index in [1.54, 1.807) is 0 Å². The minimum absolute atomic E-state index is 0.0853. The summed E-state index contributed by atoms with van der Waals surface area (Å²) in [6.45, 7) is 0.359. The Kier molecular flexibility index (Phi) is 6.69. The summed E-state index contributed by atoms with van der Waals surface area (Å²) in [7, 11) is -2.22. The van der Waals surface area contributed by atoms with Crippen LogP contribution in [0.1, 0.15) is 28.0 Å². The second-order valence-electron chi connectivity index (χ2n) is 6.66. The van der Waals surface area contributed by atoms with Gasteiger partial charge in [0.25, 0.3) is 5.91 Å². The van der Waals surface area contributed by atoms with E-state index in [1.807, 2.05) is 30.3 Å². The van der Waals surface area contributed by atoms with Crippen molar-refractivity contribution in [3.63, 3.8) is 0 Å². The largest absolute Gasteiger partial charge is 0.382 e. The lowest BCUT2D eigenvalue weighted by Crippen LogP contribution is -2.25. The second kappa shape index (κ2) is 9.42. The fourth-order valence-corrected chi connectivity index (χ4v) is 3.73. The molecule has 0 fully saturated rings. The molecule has 9 nitrogen and oxygen atoms in total. The van der Waals surface area contributed by atoms with Gasteiger partial charge < -0.3 is 11.1 Å². The maximum Gasteiger partial charge on any atom is 0.251 e. The Balaban J connectivity index is 1.60. The van der Waals surface area contributed by atoms with Crippen molar-refractivity contribution in [1.29, 1.82) is 5.26 Å². The Hall–Kier alpha value is -3.68. The predicted molar refractivity (Wildman–Crippen MR) is 116 cm³/mol. The van der Waals surface area contributed by atoms with Crippen LogP contribution in [0.2, 0.25) is 0 Å². The van der Waals surface area contributed by atoms with Gasteiger partial charge in [0.1, 0.15) is 17.5 Å². The maximum atomic E-state index is 12.3. The summed E-state index contributed by atoms with van der Waals surface area (Å²) < 4.78 is 27.2. The smallest absolute Gasteiger partial charge is 0.251 e. The first kappa shape index (κ1) is 22.0. The summed E-state index contributed by atoms with van der Waals surface area (Å²) in [6.07, 6.45) is 1.02. The molecule has 1 heterocycles. The second-order valence-corrected chi connectivity index (χ2v) is 8.54. The zero-order chi connectivity index (χ0) is 22.4. The SMILES string of the molecule is CNS(=O)(=O)c1ccc(C(=O)NCCCc2nn(-c3ccccc3)c(N)c2C#N)cc1. The lowest BCUT2D eigenvalue weighted by Gasteiger charge is -2.06. The summed E-state index contributed by atoms with van der Waals surface area (Å²) >= 11 is 0. The lowest BCUT2D eigenvalue weighted by atomic mass is 10.1. The lowest BCUT2D eigenvalue weighted by molar-refractivity contribution is 0.0953. The molecule has 0 spiro atoms. The Morgan fingerprint density at radius 1 is 1.16 bits per heavy atom. The highest BCUT2D eigenvalue weighted by molar-refractivity contribution is 7.89. The van der Waals surface area contributed by atoms with Gasteiger partial charge in [-0.1, -0.05) is 18.2 Å². The molecule has 0 aliphatic carbocycles. The van der Waals surface area contributed by atoms with Crippen molar-refractivity contribution in [2.75, 3.05) is 19.3 Å². The fourth-order valence-electron chi connectivity index (χ4n) is 3.00. The Morgan fingerprint density at radius 2 is 1.84 bits per heavy atom. The van der Waals surface area contributed by atoms with Crippen LogP contribution in [0.4, 0.5) is 5.82 Å². The molecular weight excluding hydrogens is 416 g/mol. The van der Waals surface area contributed by atoms with Gasteiger partial charge in [0.15, 0.2) is 0 Å². The molecule has 0 aliphatic heterocycles. The number of sulfonamides is 1. The molecule has 160 valence electrons. The summed E-state index contributed by atoms with van der Waals surface area (Å²) in [5.74, 6) is -0.0346. The van der Waals surface area contributed by atoms with Crippen LogP contribution < -0.4 is 15.8 Å². The third kappa shape index (κ3) is 4.91. The third-order valence-corrected chi connectivity index (χ3v) is 6.11. The predicted octanol–water partition coefficient (Wildman–Crippen LogP) is 1.60. The number of nitrogens with zero attached hydrogens (tertiary/aromatic N) is 3. The van der Waals surface area contributed by atoms with Crippen LogP contribution in [0.5, 0.6) is 0 Å². The number of amides is 1. The molecule has 1 aromatic heterocycles. The highest BCUT2D eigenvalue weighted by atomic mass is 32.2. The quantitative estimate of drug-likeness (QED) is 0.456. The number of nitrogens with one attached hydrogen (secondary N) is 2. The van der Waals surface area contributed by atoms with Crippen LogP contribution in [0, 0.1) is 11.3 Å². The van der Waals surface area contributed by atoms with E-state index >= 15 is 0 Å². The van der Waals surface area contributed by atoms with E-state index in [4.69, 9.17) is 5.73 Å². The number of para-hydroxylation sites is 1. The molecule has 3 rings (SSSR count). The minimum atomic E-state index is -3.55. The summed E-state index contributed by atoms with van der Waals surface area (Å²) in [6, 6.07) is 17.1. The molecule has 0 saturated carbocycles. The van der Waals surface area contributed by atoms with Gasteiger partial charge in [0.05, 0.1) is 16.3 Å². The number of carbonyl (C=O) groups excluding carboxylic acids is 1. The van der Waals surface area contributed by atoms with Crippen molar-refractivity contribution in [3.05, 3.63) is 71.4 Å². The van der Waals surface area contributed by atoms with Crippen molar-refractivity contribution >= 4 is 21.7 Å². The zero-order valence-electron chi connectivity index (χ0n) is 16.9. The number of hydrogen-bond acceptors (Lipinski definition) is 6. The zero-order valence-corrected chi connectivity index (χ0v) is 17.7. The van der Waals surface area contributed by atoms with Crippen LogP contribution >= 0.6 is 0 Å². The number of nitrogens with two attached hydrogens (primary N) is 1. The monoisotopic (exact) mass is 438 g/mol. The molecule has 1 amide bonds. The van der Waals surface area contributed by atoms with Crippen LogP contribution in [0.15, 0.2) is 59.5 Å². The van der Waals surface area contributed by atoms with E-state index in [-0.39, 0.29) is 16.6 Å². The first-order chi connectivity index (χ1) is 14.9. The molecular formula is C21H22N6O3S. The van der Waals surface area contributed by atoms with Gasteiger partial charge >= 0.3 is 0 Å². The first-order valence-electron chi connectivity index (χ1n) is 9.52. The van der Waals surface area contributed by atoms with Crippen LogP contribution in [0.3, 0.4) is 0 Å². The highest BCUT2D eigenvalue weighted by Crippen LogP contribution is 2.21. The van der Waals surface area contributed by atoms with E-state index < -0.39 is 10.0 Å². The van der Waals surface area contributed by atoms with Gasteiger partial charge in [-0.15, -0.1) is 0 Å². The molecule has 0 radical (unpaired) electrons. The molecule has 0 unspecified atom stereocenters. The van der Waals surface area contributed by atoms with Crippen LogP contribution in [-0.4, -0.2) is 37.7 Å². The molecule has 0 aliphatic rings. The number of anilines is 1. The average molecular weight is 439 g/mol. The summed E-state index contributed by atoms with van der Waals surface area (Å²) in [4.78, 5) is 12.4. The number of nitrogen functional groups attached to an aromatic ring is 1. The van der Waals surface area contributed by atoms with Crippen molar-refractivity contribution in [2.45, 2.75) is 17.7 Å². The Bertz CT molecular complexity index is 1210. The van der Waals surface area contributed by atoms with E-state index in [9.17, 15) is 18.5 Å². The van der Waals surface area contributed by atoms with Crippen LogP contribution in [-0.2, 0) is 16.4 Å². The normalized spacial score (nSPS) is 11.1. The van der Waals surface area contributed by atoms with E-state index in [2.05, 4.69) is 21.2 Å². The van der Waals surface area contributed by atoms with Crippen LogP contribution in [0.25, 0.3) is 5.69 Å². The minimum Gasteiger partial charge on any atom is -0.382 e. The van der Waals surface area contributed by atoms with Gasteiger partial charge in [-0.05, 0) is 56.3 Å². The fraction of sp³-hybridized carbons (Fsp3) is 0.190.